The number of halogens is 2. The molecule has 0 bridgehead atoms. The molecule has 1 heterocycles. The van der Waals surface area contributed by atoms with Crippen molar-refractivity contribution in [1.29, 1.82) is 10.8 Å². The van der Waals surface area contributed by atoms with Crippen molar-refractivity contribution in [3.05, 3.63) is 29.0 Å². The van der Waals surface area contributed by atoms with Gasteiger partial charge in [-0.15, -0.1) is 0 Å². The normalized spacial score (nSPS) is 10.4. The summed E-state index contributed by atoms with van der Waals surface area (Å²) in [6, 6.07) is 3.17. The van der Waals surface area contributed by atoms with Crippen molar-refractivity contribution in [1.82, 2.24) is 4.98 Å². The first kappa shape index (κ1) is 10.5. The molecular formula is C8H6ClFN4. The van der Waals surface area contributed by atoms with Crippen LogP contribution in [0.1, 0.15) is 5.56 Å². The molecule has 0 unspecified atom stereocenters. The van der Waals surface area contributed by atoms with Crippen molar-refractivity contribution in [2.75, 3.05) is 0 Å². The molecule has 0 radical (unpaired) electrons. The van der Waals surface area contributed by atoms with Crippen LogP contribution in [0.5, 0.6) is 0 Å². The highest BCUT2D eigenvalue weighted by atomic mass is 35.5. The number of rotatable bonds is 2. The lowest BCUT2D eigenvalue weighted by atomic mass is 10.3. The molecule has 0 saturated heterocycles. The second kappa shape index (κ2) is 4.57. The predicted molar refractivity (Wildman–Crippen MR) is 53.4 cm³/mol. The fourth-order valence-electron chi connectivity index (χ4n) is 0.659. The Kier molecular flexibility index (Phi) is 3.41. The van der Waals surface area contributed by atoms with Gasteiger partial charge in [0.15, 0.2) is 5.84 Å². The molecule has 0 atom stereocenters. The van der Waals surface area contributed by atoms with Gasteiger partial charge in [-0.25, -0.2) is 9.98 Å². The molecule has 0 aliphatic carbocycles. The van der Waals surface area contributed by atoms with Crippen LogP contribution in [0.4, 0.5) is 4.39 Å². The van der Waals surface area contributed by atoms with E-state index in [-0.39, 0.29) is 0 Å². The van der Waals surface area contributed by atoms with Gasteiger partial charge >= 0.3 is 0 Å². The van der Waals surface area contributed by atoms with Crippen LogP contribution in [0.15, 0.2) is 23.3 Å². The average Bonchev–Trinajstić information content (AvgIpc) is 2.16. The van der Waals surface area contributed by atoms with E-state index < -0.39 is 11.8 Å². The molecule has 1 rings (SSSR count). The first-order chi connectivity index (χ1) is 6.59. The molecule has 0 saturated carbocycles. The molecule has 1 aromatic rings. The number of amidine groups is 1. The smallest absolute Gasteiger partial charge is 0.250 e. The predicted octanol–water partition coefficient (Wildman–Crippen LogP) is 2.08. The van der Waals surface area contributed by atoms with Gasteiger partial charge in [0.2, 0.25) is 5.97 Å². The molecule has 6 heteroatoms. The largest absolute Gasteiger partial charge is 0.279 e. The maximum atomic E-state index is 12.1. The van der Waals surface area contributed by atoms with Crippen LogP contribution < -0.4 is 0 Å². The van der Waals surface area contributed by atoms with Crippen LogP contribution in [0.25, 0.3) is 0 Å². The van der Waals surface area contributed by atoms with Gasteiger partial charge in [0.25, 0.3) is 0 Å². The Morgan fingerprint density at radius 3 is 2.71 bits per heavy atom. The average molecular weight is 213 g/mol. The van der Waals surface area contributed by atoms with Crippen molar-refractivity contribution in [3.63, 3.8) is 0 Å². The number of hydrogen-bond acceptors (Lipinski definition) is 3. The summed E-state index contributed by atoms with van der Waals surface area (Å²) in [5.41, 5.74) is 0.584. The molecule has 1 aromatic heterocycles. The Labute approximate surface area is 84.5 Å². The highest BCUT2D eigenvalue weighted by Crippen LogP contribution is 2.03. The van der Waals surface area contributed by atoms with Crippen molar-refractivity contribution < 1.29 is 4.39 Å². The van der Waals surface area contributed by atoms with E-state index in [0.717, 1.165) is 0 Å². The molecule has 0 aliphatic rings. The number of pyridine rings is 1. The molecule has 0 spiro atoms. The fraction of sp³-hybridized carbons (Fsp3) is 0. The third-order valence-corrected chi connectivity index (χ3v) is 1.52. The molecule has 0 aliphatic heterocycles. The van der Waals surface area contributed by atoms with E-state index >= 15 is 0 Å². The van der Waals surface area contributed by atoms with E-state index in [0.29, 0.717) is 10.7 Å². The monoisotopic (exact) mass is 212 g/mol. The highest BCUT2D eigenvalue weighted by Gasteiger charge is 1.98. The Bertz CT molecular complexity index is 385. The van der Waals surface area contributed by atoms with E-state index in [9.17, 15) is 4.39 Å². The second-order valence-electron chi connectivity index (χ2n) is 2.34. The van der Waals surface area contributed by atoms with E-state index in [1.807, 2.05) is 0 Å². The van der Waals surface area contributed by atoms with Crippen molar-refractivity contribution in [3.8, 4) is 0 Å². The number of aliphatic imine (C=N–C) groups is 1. The van der Waals surface area contributed by atoms with Crippen molar-refractivity contribution in [2.45, 2.75) is 0 Å². The zero-order valence-electron chi connectivity index (χ0n) is 6.96. The Balaban J connectivity index is 2.74. The van der Waals surface area contributed by atoms with Crippen LogP contribution in [0.2, 0.25) is 5.15 Å². The van der Waals surface area contributed by atoms with E-state index in [1.165, 1.54) is 12.4 Å². The zero-order valence-corrected chi connectivity index (χ0v) is 7.72. The number of hydrogen-bond donors (Lipinski definition) is 2. The molecule has 4 nitrogen and oxygen atoms in total. The van der Waals surface area contributed by atoms with Gasteiger partial charge in [0.1, 0.15) is 5.15 Å². The van der Waals surface area contributed by atoms with Gasteiger partial charge in [0, 0.05) is 18.0 Å². The first-order valence-corrected chi connectivity index (χ1v) is 3.96. The summed E-state index contributed by atoms with van der Waals surface area (Å²) in [7, 11) is 0. The first-order valence-electron chi connectivity index (χ1n) is 3.58. The Morgan fingerprint density at radius 1 is 1.50 bits per heavy atom. The molecule has 0 aromatic carbocycles. The summed E-state index contributed by atoms with van der Waals surface area (Å²) >= 11 is 5.53. The lowest BCUT2D eigenvalue weighted by Crippen LogP contribution is -2.02. The quantitative estimate of drug-likeness (QED) is 0.440. The molecule has 0 fully saturated rings. The Morgan fingerprint density at radius 2 is 2.21 bits per heavy atom. The maximum Gasteiger partial charge on any atom is 0.250 e. The topological polar surface area (TPSA) is 73.0 Å². The molecule has 0 amide bonds. The van der Waals surface area contributed by atoms with Crippen LogP contribution >= 0.6 is 11.6 Å². The summed E-state index contributed by atoms with van der Waals surface area (Å²) in [5, 5.41) is 13.7. The molecule has 2 N–H and O–H groups in total. The van der Waals surface area contributed by atoms with Gasteiger partial charge in [0.05, 0.1) is 0 Å². The fourth-order valence-corrected chi connectivity index (χ4v) is 0.771. The summed E-state index contributed by atoms with van der Waals surface area (Å²) in [4.78, 5) is 7.16. The summed E-state index contributed by atoms with van der Waals surface area (Å²) < 4.78 is 12.1. The van der Waals surface area contributed by atoms with Crippen molar-refractivity contribution >= 4 is 29.6 Å². The lowest BCUT2D eigenvalue weighted by molar-refractivity contribution is 0.809. The minimum absolute atomic E-state index is 0.343. The highest BCUT2D eigenvalue weighted by molar-refractivity contribution is 6.36. The number of nitrogens with one attached hydrogen (secondary N) is 2. The molecule has 14 heavy (non-hydrogen) atoms. The SMILES string of the molecule is N=C(F)C(=N)N=Cc1ccc(Cl)nc1. The minimum Gasteiger partial charge on any atom is -0.279 e. The molecular weight excluding hydrogens is 207 g/mol. The van der Waals surface area contributed by atoms with Crippen LogP contribution in [0, 0.1) is 10.8 Å². The van der Waals surface area contributed by atoms with Crippen LogP contribution in [-0.4, -0.2) is 23.0 Å². The lowest BCUT2D eigenvalue weighted by Gasteiger charge is -1.92. The maximum absolute atomic E-state index is 12.1. The van der Waals surface area contributed by atoms with Gasteiger partial charge in [-0.1, -0.05) is 11.6 Å². The van der Waals surface area contributed by atoms with Crippen LogP contribution in [-0.2, 0) is 0 Å². The minimum atomic E-state index is -1.37. The van der Waals surface area contributed by atoms with E-state index in [2.05, 4.69) is 9.98 Å². The third kappa shape index (κ3) is 3.02. The van der Waals surface area contributed by atoms with Crippen molar-refractivity contribution in [2.24, 2.45) is 4.99 Å². The number of nitrogens with zero attached hydrogens (tertiary/aromatic N) is 2. The molecule has 72 valence electrons. The standard InChI is InChI=1S/C8H6ClFN4/c9-6-2-1-5(3-13-6)4-14-8(12)7(10)11/h1-4,11-12H. The van der Waals surface area contributed by atoms with Gasteiger partial charge in [-0.2, -0.15) is 4.39 Å². The van der Waals surface area contributed by atoms with Gasteiger partial charge in [-0.3, -0.25) is 10.8 Å². The van der Waals surface area contributed by atoms with Gasteiger partial charge in [-0.05, 0) is 12.1 Å². The number of aromatic nitrogens is 1. The second-order valence-corrected chi connectivity index (χ2v) is 2.72. The van der Waals surface area contributed by atoms with E-state index in [1.54, 1.807) is 12.1 Å². The summed E-state index contributed by atoms with van der Waals surface area (Å²) in [5.74, 6) is -2.09. The zero-order chi connectivity index (χ0) is 10.6. The third-order valence-electron chi connectivity index (χ3n) is 1.30. The Hall–Kier alpha value is -1.62. The van der Waals surface area contributed by atoms with Crippen LogP contribution in [0.3, 0.4) is 0 Å². The summed E-state index contributed by atoms with van der Waals surface area (Å²) in [6.07, 6.45) is 2.67. The summed E-state index contributed by atoms with van der Waals surface area (Å²) in [6.45, 7) is 0. The van der Waals surface area contributed by atoms with Gasteiger partial charge < -0.3 is 0 Å². The van der Waals surface area contributed by atoms with E-state index in [4.69, 9.17) is 22.4 Å².